The number of hydrogen-bond acceptors (Lipinski definition) is 5. The fraction of sp³-hybridized carbons (Fsp3) is 0.875. The first-order valence-electron chi connectivity index (χ1n) is 4.07. The molecule has 5 nitrogen and oxygen atoms in total. The largest absolute Gasteiger partial charge is 0.359 e. The van der Waals surface area contributed by atoms with Crippen LogP contribution in [0.4, 0.5) is 0 Å². The van der Waals surface area contributed by atoms with Crippen molar-refractivity contribution in [3.8, 4) is 0 Å². The molecule has 1 rings (SSSR count). The Balaban J connectivity index is 2.46. The van der Waals surface area contributed by atoms with E-state index in [1.165, 1.54) is 14.2 Å². The van der Waals surface area contributed by atoms with E-state index in [9.17, 15) is 4.79 Å². The summed E-state index contributed by atoms with van der Waals surface area (Å²) in [5.74, 6) is -0.00449. The lowest BCUT2D eigenvalue weighted by Gasteiger charge is -2.28. The molecule has 0 aliphatic carbocycles. The smallest absolute Gasteiger partial charge is 0.190 e. The topological polar surface area (TPSA) is 54.0 Å². The van der Waals surface area contributed by atoms with Crippen molar-refractivity contribution in [3.63, 3.8) is 0 Å². The van der Waals surface area contributed by atoms with E-state index in [1.807, 2.05) is 0 Å². The van der Waals surface area contributed by atoms with Gasteiger partial charge in [0.05, 0.1) is 6.61 Å². The number of Topliss-reactive ketones (excluding diaryl/α,β-unsaturated/α-hetero) is 1. The molecule has 0 aromatic rings. The standard InChI is InChI=1S/C8H14O5/c1-10-5-13-7-6(9)3-4-12-8(7)11-2/h7-8H,3-5H2,1-2H3. The minimum atomic E-state index is -0.654. The normalized spacial score (nSPS) is 29.2. The molecule has 0 spiro atoms. The Morgan fingerprint density at radius 3 is 2.92 bits per heavy atom. The zero-order chi connectivity index (χ0) is 9.68. The van der Waals surface area contributed by atoms with Gasteiger partial charge in [0.2, 0.25) is 0 Å². The van der Waals surface area contributed by atoms with E-state index in [2.05, 4.69) is 0 Å². The Morgan fingerprint density at radius 1 is 1.54 bits per heavy atom. The summed E-state index contributed by atoms with van der Waals surface area (Å²) in [6.07, 6.45) is -0.885. The Morgan fingerprint density at radius 2 is 2.31 bits per heavy atom. The van der Waals surface area contributed by atoms with Crippen LogP contribution in [0.3, 0.4) is 0 Å². The maximum absolute atomic E-state index is 11.3. The van der Waals surface area contributed by atoms with Gasteiger partial charge in [0.25, 0.3) is 0 Å². The van der Waals surface area contributed by atoms with Crippen LogP contribution in [-0.2, 0) is 23.7 Å². The molecule has 1 heterocycles. The Bertz CT molecular complexity index is 170. The first-order chi connectivity index (χ1) is 6.29. The number of methoxy groups -OCH3 is 2. The van der Waals surface area contributed by atoms with Crippen molar-refractivity contribution < 1.29 is 23.7 Å². The summed E-state index contributed by atoms with van der Waals surface area (Å²) in [5, 5.41) is 0. The van der Waals surface area contributed by atoms with Crippen molar-refractivity contribution in [3.05, 3.63) is 0 Å². The third-order valence-corrected chi connectivity index (χ3v) is 1.79. The highest BCUT2D eigenvalue weighted by Crippen LogP contribution is 2.14. The molecule has 1 aliphatic heterocycles. The number of rotatable bonds is 4. The van der Waals surface area contributed by atoms with Crippen LogP contribution in [0.5, 0.6) is 0 Å². The predicted octanol–water partition coefficient (Wildman–Crippen LogP) is -0.0626. The van der Waals surface area contributed by atoms with Crippen molar-refractivity contribution in [2.45, 2.75) is 18.8 Å². The van der Waals surface area contributed by atoms with Gasteiger partial charge in [-0.25, -0.2) is 0 Å². The summed E-state index contributed by atoms with van der Waals surface area (Å²) in [5.41, 5.74) is 0. The molecule has 13 heavy (non-hydrogen) atoms. The van der Waals surface area contributed by atoms with Gasteiger partial charge in [-0.2, -0.15) is 0 Å². The average Bonchev–Trinajstić information content (AvgIpc) is 2.15. The molecule has 0 saturated carbocycles. The maximum atomic E-state index is 11.3. The van der Waals surface area contributed by atoms with Crippen LogP contribution in [0.1, 0.15) is 6.42 Å². The molecule has 0 N–H and O–H groups in total. The van der Waals surface area contributed by atoms with E-state index >= 15 is 0 Å². The third-order valence-electron chi connectivity index (χ3n) is 1.79. The molecular weight excluding hydrogens is 176 g/mol. The molecule has 1 aliphatic rings. The number of ketones is 1. The Labute approximate surface area is 76.9 Å². The number of ether oxygens (including phenoxy) is 4. The summed E-state index contributed by atoms with van der Waals surface area (Å²) in [7, 11) is 2.97. The van der Waals surface area contributed by atoms with Crippen molar-refractivity contribution >= 4 is 5.78 Å². The Hall–Kier alpha value is -0.490. The van der Waals surface area contributed by atoms with Gasteiger partial charge in [-0.3, -0.25) is 4.79 Å². The van der Waals surface area contributed by atoms with E-state index in [4.69, 9.17) is 18.9 Å². The molecule has 2 unspecified atom stereocenters. The molecule has 0 amide bonds. The molecule has 0 aromatic heterocycles. The van der Waals surface area contributed by atoms with Gasteiger partial charge in [0.1, 0.15) is 6.79 Å². The number of carbonyl (C=O) groups is 1. The van der Waals surface area contributed by atoms with Gasteiger partial charge in [-0.1, -0.05) is 0 Å². The minimum absolute atomic E-state index is 0.00449. The first kappa shape index (κ1) is 10.6. The van der Waals surface area contributed by atoms with Crippen LogP contribution < -0.4 is 0 Å². The van der Waals surface area contributed by atoms with Gasteiger partial charge in [-0.15, -0.1) is 0 Å². The van der Waals surface area contributed by atoms with Crippen molar-refractivity contribution in [2.75, 3.05) is 27.6 Å². The summed E-state index contributed by atoms with van der Waals surface area (Å²) in [6, 6.07) is 0. The lowest BCUT2D eigenvalue weighted by Crippen LogP contribution is -2.44. The van der Waals surface area contributed by atoms with Crippen LogP contribution in [0.2, 0.25) is 0 Å². The van der Waals surface area contributed by atoms with Crippen LogP contribution in [-0.4, -0.2) is 45.8 Å². The van der Waals surface area contributed by atoms with Crippen LogP contribution in [0, 0.1) is 0 Å². The van der Waals surface area contributed by atoms with E-state index in [0.717, 1.165) is 0 Å². The predicted molar refractivity (Wildman–Crippen MR) is 43.1 cm³/mol. The fourth-order valence-corrected chi connectivity index (χ4v) is 1.16. The lowest BCUT2D eigenvalue weighted by molar-refractivity contribution is -0.226. The average molecular weight is 190 g/mol. The van der Waals surface area contributed by atoms with Crippen molar-refractivity contribution in [2.24, 2.45) is 0 Å². The molecule has 2 atom stereocenters. The third kappa shape index (κ3) is 2.73. The molecule has 0 radical (unpaired) electrons. The van der Waals surface area contributed by atoms with Crippen molar-refractivity contribution in [1.82, 2.24) is 0 Å². The summed E-state index contributed by atoms with van der Waals surface area (Å²) in [6.45, 7) is 0.462. The van der Waals surface area contributed by atoms with Gasteiger partial charge in [-0.05, 0) is 0 Å². The van der Waals surface area contributed by atoms with E-state index < -0.39 is 12.4 Å². The summed E-state index contributed by atoms with van der Waals surface area (Å²) < 4.78 is 20.0. The highest BCUT2D eigenvalue weighted by molar-refractivity contribution is 5.84. The van der Waals surface area contributed by atoms with Gasteiger partial charge in [0, 0.05) is 20.6 Å². The van der Waals surface area contributed by atoms with Gasteiger partial charge >= 0.3 is 0 Å². The quantitative estimate of drug-likeness (QED) is 0.581. The fourth-order valence-electron chi connectivity index (χ4n) is 1.16. The Kier molecular flexibility index (Phi) is 4.31. The zero-order valence-electron chi connectivity index (χ0n) is 7.82. The molecular formula is C8H14O5. The molecule has 5 heteroatoms. The van der Waals surface area contributed by atoms with E-state index in [1.54, 1.807) is 0 Å². The second-order valence-corrected chi connectivity index (χ2v) is 2.68. The second kappa shape index (κ2) is 5.29. The highest BCUT2D eigenvalue weighted by atomic mass is 16.7. The lowest BCUT2D eigenvalue weighted by atomic mass is 10.1. The summed E-state index contributed by atoms with van der Waals surface area (Å²) in [4.78, 5) is 11.3. The zero-order valence-corrected chi connectivity index (χ0v) is 7.82. The first-order valence-corrected chi connectivity index (χ1v) is 4.07. The minimum Gasteiger partial charge on any atom is -0.359 e. The molecule has 0 aromatic carbocycles. The monoisotopic (exact) mass is 190 g/mol. The second-order valence-electron chi connectivity index (χ2n) is 2.68. The van der Waals surface area contributed by atoms with Crippen LogP contribution in [0.25, 0.3) is 0 Å². The van der Waals surface area contributed by atoms with Gasteiger partial charge < -0.3 is 18.9 Å². The van der Waals surface area contributed by atoms with E-state index in [0.29, 0.717) is 13.0 Å². The molecule has 76 valence electrons. The van der Waals surface area contributed by atoms with Crippen LogP contribution in [0.15, 0.2) is 0 Å². The number of carbonyl (C=O) groups excluding carboxylic acids is 1. The van der Waals surface area contributed by atoms with Crippen molar-refractivity contribution in [1.29, 1.82) is 0 Å². The highest BCUT2D eigenvalue weighted by Gasteiger charge is 2.33. The van der Waals surface area contributed by atoms with Gasteiger partial charge in [0.15, 0.2) is 18.2 Å². The molecule has 1 saturated heterocycles. The summed E-state index contributed by atoms with van der Waals surface area (Å²) >= 11 is 0. The molecule has 1 fully saturated rings. The van der Waals surface area contributed by atoms with E-state index in [-0.39, 0.29) is 12.6 Å². The number of hydrogen-bond donors (Lipinski definition) is 0. The maximum Gasteiger partial charge on any atom is 0.190 e. The SMILES string of the molecule is COCOC1C(=O)CCOC1OC. The molecule has 0 bridgehead atoms. The van der Waals surface area contributed by atoms with Crippen LogP contribution >= 0.6 is 0 Å².